The van der Waals surface area contributed by atoms with Gasteiger partial charge >= 0.3 is 46.9 Å². The summed E-state index contributed by atoms with van der Waals surface area (Å²) in [6, 6.07) is 0. The molecule has 27 heavy (non-hydrogen) atoms. The Morgan fingerprint density at radius 1 is 0.370 bits per heavy atom. The molecule has 0 bridgehead atoms. The average molecular weight is 558 g/mol. The molecular weight excluding hydrogens is 544 g/mol. The van der Waals surface area contributed by atoms with E-state index >= 15 is 0 Å². The fourth-order valence-corrected chi connectivity index (χ4v) is 7.55. The molecule has 0 aliphatic carbocycles. The van der Waals surface area contributed by atoms with Crippen molar-refractivity contribution in [2.45, 2.75) is 0 Å². The number of hydrogen-bond acceptors (Lipinski definition) is 11. The number of rotatable bonds is 10. The lowest BCUT2D eigenvalue weighted by Gasteiger charge is -2.19. The second-order valence-corrected chi connectivity index (χ2v) is 12.2. The van der Waals surface area contributed by atoms with Crippen molar-refractivity contribution in [1.29, 1.82) is 0 Å². The van der Waals surface area contributed by atoms with Crippen LogP contribution in [0.25, 0.3) is 0 Å². The van der Waals surface area contributed by atoms with Crippen LogP contribution in [0.5, 0.6) is 0 Å². The van der Waals surface area contributed by atoms with Crippen molar-refractivity contribution in [1.82, 2.24) is 0 Å². The third-order valence-electron chi connectivity index (χ3n) is 1.04. The molecule has 0 radical (unpaired) electrons. The van der Waals surface area contributed by atoms with Crippen LogP contribution in [0, 0.1) is 0 Å². The van der Waals surface area contributed by atoms with E-state index in [4.69, 9.17) is 39.1 Å². The zero-order valence-electron chi connectivity index (χ0n) is 10.8. The van der Waals surface area contributed by atoms with Gasteiger partial charge in [-0.15, -0.1) is 0 Å². The van der Waals surface area contributed by atoms with E-state index < -0.39 is 46.9 Å². The van der Waals surface area contributed by atoms with Gasteiger partial charge in [-0.05, 0) is 0 Å². The highest BCUT2D eigenvalue weighted by atomic mass is 31.3. The van der Waals surface area contributed by atoms with Crippen LogP contribution in [0.15, 0.2) is 0 Å². The first kappa shape index (κ1) is 33.6. The van der Waals surface area contributed by atoms with Crippen LogP contribution < -0.4 is 0 Å². The molecule has 0 saturated carbocycles. The van der Waals surface area contributed by atoms with Crippen LogP contribution in [0.1, 0.15) is 0 Å². The van der Waals surface area contributed by atoms with Gasteiger partial charge in [-0.25, -0.2) is 27.4 Å². The Bertz CT molecular complexity index is 701. The third kappa shape index (κ3) is 18.4. The molecule has 0 fully saturated rings. The highest BCUT2D eigenvalue weighted by molar-refractivity contribution is 7.72. The second-order valence-electron chi connectivity index (χ2n) is 3.26. The quantitative estimate of drug-likeness (QED) is 0.0998. The van der Waals surface area contributed by atoms with E-state index in [9.17, 15) is 27.4 Å². The summed E-state index contributed by atoms with van der Waals surface area (Å²) in [6.45, 7) is 0. The minimum atomic E-state index is -6.26. The fraction of sp³-hybridized carbons (Fsp3) is 0. The van der Waals surface area contributed by atoms with E-state index in [1.807, 2.05) is 0 Å². The van der Waals surface area contributed by atoms with E-state index in [2.05, 4.69) is 21.6 Å². The molecule has 0 aromatic rings. The van der Waals surface area contributed by atoms with Crippen LogP contribution in [0.2, 0.25) is 0 Å². The van der Waals surface area contributed by atoms with Gasteiger partial charge in [0.1, 0.15) is 0 Å². The van der Waals surface area contributed by atoms with Crippen LogP contribution in [0.3, 0.4) is 0 Å². The molecule has 8 N–H and O–H groups in total. The minimum Gasteiger partial charge on any atom is -0.302 e. The molecule has 0 amide bonds. The molecule has 0 heterocycles. The minimum absolute atomic E-state index is 0. The highest BCUT2D eigenvalue weighted by Gasteiger charge is 2.48. The largest absolute Gasteiger partial charge is 0.490 e. The Hall–Kier alpha value is 1.92. The lowest BCUT2D eigenvalue weighted by molar-refractivity contribution is 0.184. The van der Waals surface area contributed by atoms with E-state index in [1.54, 1.807) is 0 Å². The second kappa shape index (κ2) is 11.0. The fourth-order valence-electron chi connectivity index (χ4n) is 0.720. The summed E-state index contributed by atoms with van der Waals surface area (Å²) in [5.41, 5.74) is 0. The predicted molar refractivity (Wildman–Crippen MR) is 88.7 cm³/mol. The van der Waals surface area contributed by atoms with Crippen molar-refractivity contribution in [2.24, 2.45) is 0 Å². The van der Waals surface area contributed by atoms with Gasteiger partial charge in [0.05, 0.1) is 0 Å². The molecule has 4 unspecified atom stereocenters. The smallest absolute Gasteiger partial charge is 0.302 e. The van der Waals surface area contributed by atoms with Crippen molar-refractivity contribution in [3.63, 3.8) is 0 Å². The summed E-state index contributed by atoms with van der Waals surface area (Å²) in [7, 11) is -36.2. The van der Waals surface area contributed by atoms with Crippen molar-refractivity contribution in [3.8, 4) is 0 Å². The Labute approximate surface area is 169 Å². The molecule has 0 aromatic carbocycles. The van der Waals surface area contributed by atoms with Crippen molar-refractivity contribution in [3.05, 3.63) is 0 Å². The molecule has 0 aromatic heterocycles. The molecule has 4 atom stereocenters. The van der Waals surface area contributed by atoms with Crippen LogP contribution in [-0.4, -0.2) is 73.9 Å². The molecule has 0 spiro atoms. The maximum absolute atomic E-state index is 11.2. The first-order valence-corrected chi connectivity index (χ1v) is 13.6. The van der Waals surface area contributed by atoms with Gasteiger partial charge in [0.25, 0.3) is 0 Å². The zero-order valence-corrected chi connectivity index (χ0v) is 16.1. The average Bonchev–Trinajstić information content (AvgIpc) is 1.97. The normalized spacial score (nSPS) is 21.3. The van der Waals surface area contributed by atoms with Gasteiger partial charge in [0, 0.05) is 0 Å². The topological polar surface area (TPSA) is 310 Å². The van der Waals surface area contributed by atoms with Crippen molar-refractivity contribution < 1.29 is 88.1 Å². The molecule has 164 valence electrons. The van der Waals surface area contributed by atoms with Crippen LogP contribution in [0.4, 0.5) is 0 Å². The Kier molecular flexibility index (Phi) is 13.7. The van der Waals surface area contributed by atoms with Crippen LogP contribution in [-0.2, 0) is 48.9 Å². The van der Waals surface area contributed by atoms with Gasteiger partial charge in [-0.2, -0.15) is 21.6 Å². The predicted octanol–water partition coefficient (Wildman–Crippen LogP) is -2.71. The molecule has 0 aliphatic heterocycles. The summed E-state index contributed by atoms with van der Waals surface area (Å²) in [4.78, 5) is 68.1. The first-order valence-electron chi connectivity index (χ1n) is 4.52. The Morgan fingerprint density at radius 2 is 0.519 bits per heavy atom. The van der Waals surface area contributed by atoms with Gasteiger partial charge in [-0.3, -0.25) is 0 Å². The van der Waals surface area contributed by atoms with E-state index in [1.165, 1.54) is 0 Å². The molecule has 19 nitrogen and oxygen atoms in total. The highest BCUT2D eigenvalue weighted by Crippen LogP contribution is 2.74. The summed E-state index contributed by atoms with van der Waals surface area (Å²) in [5.74, 6) is 0. The standard InChI is InChI=1S/2Al.H8O19P6.6H/c;;1-20(2,3)15-22(7,8)17-24(11,12)19-25(13,14)18-23(9,10)16-21(4,5)6;;;;;;/h;;(H,7,8)(H,9,10)(H,11,12)(H,13,14)(H2,1,2,3)(H2,4,5,6);;;;;;. The van der Waals surface area contributed by atoms with Gasteiger partial charge in [0.15, 0.2) is 34.7 Å². The monoisotopic (exact) mass is 558 g/mol. The lowest BCUT2D eigenvalue weighted by Crippen LogP contribution is -1.98. The zero-order chi connectivity index (χ0) is 20.5. The molecule has 0 saturated heterocycles. The molecule has 0 rings (SSSR count). The first-order chi connectivity index (χ1) is 10.5. The SMILES string of the molecule is O=P(O)(O)OP(=O)(O)OP(=O)(O)OP(=O)(O)OP(=O)(O)OP(=O)(O)O.[AlH3].[AlH3]. The van der Waals surface area contributed by atoms with Gasteiger partial charge < -0.3 is 39.1 Å². The third-order valence-corrected chi connectivity index (χ3v) is 9.34. The van der Waals surface area contributed by atoms with Gasteiger partial charge in [0.2, 0.25) is 0 Å². The van der Waals surface area contributed by atoms with Crippen molar-refractivity contribution in [2.75, 3.05) is 0 Å². The number of hydrogen-bond donors (Lipinski definition) is 8. The van der Waals surface area contributed by atoms with E-state index in [0.29, 0.717) is 0 Å². The molecular formula is H14Al2O19P6. The molecule has 27 heteroatoms. The van der Waals surface area contributed by atoms with E-state index in [-0.39, 0.29) is 34.7 Å². The maximum atomic E-state index is 11.2. The maximum Gasteiger partial charge on any atom is 0.490 e. The number of phosphoric acid groups is 6. The Balaban J connectivity index is -0.00000288. The van der Waals surface area contributed by atoms with E-state index in [0.717, 1.165) is 0 Å². The Morgan fingerprint density at radius 3 is 0.667 bits per heavy atom. The molecule has 0 aliphatic rings. The summed E-state index contributed by atoms with van der Waals surface area (Å²) >= 11 is 0. The van der Waals surface area contributed by atoms with Crippen molar-refractivity contribution >= 4 is 81.7 Å². The lowest BCUT2D eigenvalue weighted by atomic mass is 15.7. The summed E-state index contributed by atoms with van der Waals surface area (Å²) in [6.07, 6.45) is 0. The summed E-state index contributed by atoms with van der Waals surface area (Å²) < 4.78 is 80.4. The van der Waals surface area contributed by atoms with Gasteiger partial charge in [-0.1, -0.05) is 0 Å². The van der Waals surface area contributed by atoms with Crippen LogP contribution >= 0.6 is 46.9 Å². The summed E-state index contributed by atoms with van der Waals surface area (Å²) in [5, 5.41) is 0.